The molecule has 0 heterocycles. The van der Waals surface area contributed by atoms with Crippen molar-refractivity contribution < 1.29 is 29.3 Å². The molecule has 182 valence electrons. The molecule has 0 spiro atoms. The van der Waals surface area contributed by atoms with Crippen molar-refractivity contribution in [1.29, 1.82) is 0 Å². The number of hydrogen-bond donors (Lipinski definition) is 2. The third kappa shape index (κ3) is 19.0. The van der Waals surface area contributed by atoms with Crippen LogP contribution in [0.4, 0.5) is 0 Å². The van der Waals surface area contributed by atoms with Crippen molar-refractivity contribution in [2.75, 3.05) is 6.61 Å². The Morgan fingerprint density at radius 3 is 1.94 bits per heavy atom. The van der Waals surface area contributed by atoms with Gasteiger partial charge in [-0.15, -0.1) is 0 Å². The van der Waals surface area contributed by atoms with E-state index in [2.05, 4.69) is 20.1 Å². The van der Waals surface area contributed by atoms with Crippen LogP contribution in [0, 0.1) is 0 Å². The van der Waals surface area contributed by atoms with Gasteiger partial charge < -0.3 is 14.9 Å². The molecule has 2 N–H and O–H groups in total. The summed E-state index contributed by atoms with van der Waals surface area (Å²) < 4.78 is 4.81. The molecule has 33 heavy (non-hydrogen) atoms. The van der Waals surface area contributed by atoms with Crippen LogP contribution >= 0.6 is 0 Å². The molecule has 0 aliphatic rings. The van der Waals surface area contributed by atoms with E-state index in [0.29, 0.717) is 18.6 Å². The van der Waals surface area contributed by atoms with Gasteiger partial charge in [-0.25, -0.2) is 14.4 Å². The molecule has 1 rings (SSSR count). The Bertz CT molecular complexity index is 803. The third-order valence-electron chi connectivity index (χ3n) is 3.99. The molecule has 1 aromatic rings. The van der Waals surface area contributed by atoms with Crippen LogP contribution in [0.15, 0.2) is 72.4 Å². The predicted octanol–water partition coefficient (Wildman–Crippen LogP) is 6.45. The number of carboxylic acids is 2. The zero-order valence-corrected chi connectivity index (χ0v) is 20.3. The third-order valence-corrected chi connectivity index (χ3v) is 3.99. The summed E-state index contributed by atoms with van der Waals surface area (Å²) in [4.78, 5) is 31.9. The van der Waals surface area contributed by atoms with Crippen molar-refractivity contribution in [3.63, 3.8) is 0 Å². The smallest absolute Gasteiger partial charge is 0.335 e. The Morgan fingerprint density at radius 1 is 0.970 bits per heavy atom. The molecule has 0 saturated heterocycles. The summed E-state index contributed by atoms with van der Waals surface area (Å²) in [6.07, 6.45) is 9.07. The maximum atomic E-state index is 10.7. The number of carboxylic acid groups (broad SMARTS) is 2. The SMILES string of the molecule is C=C(C)C(=O)OCCCC.C=Cc1ccccc1.CCCCC=C(C=C(C)C(=O)O)C(=O)O. The van der Waals surface area contributed by atoms with Gasteiger partial charge in [-0.05, 0) is 38.3 Å². The molecule has 0 fully saturated rings. The zero-order valence-electron chi connectivity index (χ0n) is 20.3. The lowest BCUT2D eigenvalue weighted by molar-refractivity contribution is -0.139. The quantitative estimate of drug-likeness (QED) is 0.171. The number of allylic oxidation sites excluding steroid dienone is 1. The van der Waals surface area contributed by atoms with Gasteiger partial charge in [-0.2, -0.15) is 0 Å². The van der Waals surface area contributed by atoms with Crippen molar-refractivity contribution in [2.24, 2.45) is 0 Å². The summed E-state index contributed by atoms with van der Waals surface area (Å²) in [6.45, 7) is 14.7. The number of esters is 1. The van der Waals surface area contributed by atoms with Gasteiger partial charge >= 0.3 is 17.9 Å². The van der Waals surface area contributed by atoms with E-state index < -0.39 is 11.9 Å². The number of rotatable bonds is 11. The maximum absolute atomic E-state index is 10.7. The van der Waals surface area contributed by atoms with E-state index in [0.717, 1.165) is 25.7 Å². The first-order valence-electron chi connectivity index (χ1n) is 11.0. The highest BCUT2D eigenvalue weighted by molar-refractivity contribution is 5.94. The number of ether oxygens (including phenoxy) is 1. The monoisotopic (exact) mass is 458 g/mol. The van der Waals surface area contributed by atoms with Gasteiger partial charge in [-0.1, -0.05) is 88.8 Å². The predicted molar refractivity (Wildman–Crippen MR) is 134 cm³/mol. The van der Waals surface area contributed by atoms with E-state index >= 15 is 0 Å². The normalized spacial score (nSPS) is 10.5. The van der Waals surface area contributed by atoms with Gasteiger partial charge in [0, 0.05) is 11.1 Å². The van der Waals surface area contributed by atoms with E-state index in [1.165, 1.54) is 18.6 Å². The molecular weight excluding hydrogens is 420 g/mol. The van der Waals surface area contributed by atoms with Gasteiger partial charge in [-0.3, -0.25) is 0 Å². The van der Waals surface area contributed by atoms with Gasteiger partial charge in [0.05, 0.1) is 12.2 Å². The highest BCUT2D eigenvalue weighted by Gasteiger charge is 2.07. The molecule has 0 amide bonds. The largest absolute Gasteiger partial charge is 0.478 e. The van der Waals surface area contributed by atoms with Crippen LogP contribution in [-0.2, 0) is 19.1 Å². The summed E-state index contributed by atoms with van der Waals surface area (Å²) in [5.41, 5.74) is 1.71. The van der Waals surface area contributed by atoms with Crippen LogP contribution in [0.5, 0.6) is 0 Å². The Labute approximate surface area is 198 Å². The first kappa shape index (κ1) is 31.8. The topological polar surface area (TPSA) is 101 Å². The van der Waals surface area contributed by atoms with Gasteiger partial charge in [0.15, 0.2) is 0 Å². The van der Waals surface area contributed by atoms with E-state index in [1.807, 2.05) is 43.3 Å². The average molecular weight is 459 g/mol. The van der Waals surface area contributed by atoms with Crippen LogP contribution in [-0.4, -0.2) is 34.7 Å². The van der Waals surface area contributed by atoms with E-state index in [1.54, 1.807) is 13.0 Å². The van der Waals surface area contributed by atoms with Crippen LogP contribution < -0.4 is 0 Å². The lowest BCUT2D eigenvalue weighted by atomic mass is 10.1. The minimum atomic E-state index is -1.10. The molecule has 0 aromatic heterocycles. The van der Waals surface area contributed by atoms with Gasteiger partial charge in [0.1, 0.15) is 0 Å². The molecule has 0 saturated carbocycles. The zero-order chi connectivity index (χ0) is 25.6. The molecular formula is C27H38O6. The van der Waals surface area contributed by atoms with Crippen molar-refractivity contribution in [2.45, 2.75) is 59.8 Å². The number of carbonyl (C=O) groups excluding carboxylic acids is 1. The lowest BCUT2D eigenvalue weighted by Crippen LogP contribution is -2.05. The summed E-state index contributed by atoms with van der Waals surface area (Å²) in [5.74, 6) is -2.47. The van der Waals surface area contributed by atoms with Crippen molar-refractivity contribution >= 4 is 24.0 Å². The van der Waals surface area contributed by atoms with Crippen LogP contribution in [0.1, 0.15) is 65.4 Å². The first-order chi connectivity index (χ1) is 15.6. The molecule has 0 unspecified atom stereocenters. The summed E-state index contributed by atoms with van der Waals surface area (Å²) in [6, 6.07) is 10.0. The second-order valence-corrected chi connectivity index (χ2v) is 7.12. The van der Waals surface area contributed by atoms with Gasteiger partial charge in [0.2, 0.25) is 0 Å². The van der Waals surface area contributed by atoms with Crippen LogP contribution in [0.25, 0.3) is 6.08 Å². The molecule has 1 aromatic carbocycles. The van der Waals surface area contributed by atoms with E-state index in [-0.39, 0.29) is 17.1 Å². The number of aliphatic carboxylic acids is 2. The molecule has 0 radical (unpaired) electrons. The molecule has 0 aliphatic heterocycles. The Morgan fingerprint density at radius 2 is 1.55 bits per heavy atom. The Kier molecular flexibility index (Phi) is 19.7. The second-order valence-electron chi connectivity index (χ2n) is 7.12. The second kappa shape index (κ2) is 20.5. The molecule has 0 aliphatic carbocycles. The number of hydrogen-bond acceptors (Lipinski definition) is 4. The fourth-order valence-corrected chi connectivity index (χ4v) is 1.99. The molecule has 0 bridgehead atoms. The fourth-order valence-electron chi connectivity index (χ4n) is 1.99. The summed E-state index contributed by atoms with van der Waals surface area (Å²) in [7, 11) is 0. The Hall–Kier alpha value is -3.41. The number of carbonyl (C=O) groups is 3. The molecule has 0 atom stereocenters. The Balaban J connectivity index is 0. The van der Waals surface area contributed by atoms with Gasteiger partial charge in [0.25, 0.3) is 0 Å². The van der Waals surface area contributed by atoms with Crippen molar-refractivity contribution in [3.8, 4) is 0 Å². The molecule has 6 nitrogen and oxygen atoms in total. The minimum absolute atomic E-state index is 0.0279. The van der Waals surface area contributed by atoms with E-state index in [9.17, 15) is 14.4 Å². The van der Waals surface area contributed by atoms with E-state index in [4.69, 9.17) is 14.9 Å². The first-order valence-corrected chi connectivity index (χ1v) is 11.0. The minimum Gasteiger partial charge on any atom is -0.478 e. The lowest BCUT2D eigenvalue weighted by Gasteiger charge is -2.01. The average Bonchev–Trinajstić information content (AvgIpc) is 2.79. The maximum Gasteiger partial charge on any atom is 0.335 e. The molecule has 6 heteroatoms. The van der Waals surface area contributed by atoms with Crippen molar-refractivity contribution in [3.05, 3.63) is 77.9 Å². The fraction of sp³-hybridized carbons (Fsp3) is 0.370. The van der Waals surface area contributed by atoms with Crippen molar-refractivity contribution in [1.82, 2.24) is 0 Å². The number of unbranched alkanes of at least 4 members (excludes halogenated alkanes) is 3. The van der Waals surface area contributed by atoms with Crippen LogP contribution in [0.2, 0.25) is 0 Å². The number of benzene rings is 1. The highest BCUT2D eigenvalue weighted by Crippen LogP contribution is 2.07. The summed E-state index contributed by atoms with van der Waals surface area (Å²) in [5, 5.41) is 17.4. The van der Waals surface area contributed by atoms with Crippen LogP contribution in [0.3, 0.4) is 0 Å². The highest BCUT2D eigenvalue weighted by atomic mass is 16.5. The standard InChI is InChI=1S/C11H16O4.C8H14O2.C8H8/c1-3-4-5-6-9(11(14)15)7-8(2)10(12)13;1-4-5-6-10-8(9)7(2)3;1-2-8-6-4-3-5-7-8/h6-7H,3-5H2,1-2H3,(H,12,13)(H,14,15);2,4-6H2,1,3H3;2-7H,1H2. The summed E-state index contributed by atoms with van der Waals surface area (Å²) >= 11 is 0.